The number of aromatic nitrogens is 1. The Morgan fingerprint density at radius 1 is 1.42 bits per heavy atom. The van der Waals surface area contributed by atoms with E-state index in [4.69, 9.17) is 0 Å². The maximum atomic E-state index is 12.0. The highest BCUT2D eigenvalue weighted by Gasteiger charge is 2.32. The summed E-state index contributed by atoms with van der Waals surface area (Å²) >= 11 is 1.63. The molecule has 2 heterocycles. The molecule has 140 valence electrons. The van der Waals surface area contributed by atoms with Gasteiger partial charge in [-0.1, -0.05) is 13.0 Å². The van der Waals surface area contributed by atoms with Crippen molar-refractivity contribution in [1.82, 2.24) is 4.98 Å². The first-order valence-electron chi connectivity index (χ1n) is 8.48. The van der Waals surface area contributed by atoms with Crippen molar-refractivity contribution in [3.8, 4) is 0 Å². The number of hydrogen-bond donors (Lipinski definition) is 0. The molecular formula is C17H21N3O4S2. The fraction of sp³-hybridized carbons (Fsp3) is 0.471. The second-order valence-electron chi connectivity index (χ2n) is 6.47. The van der Waals surface area contributed by atoms with E-state index >= 15 is 0 Å². The summed E-state index contributed by atoms with van der Waals surface area (Å²) in [4.78, 5) is 17.4. The van der Waals surface area contributed by atoms with Crippen LogP contribution < -0.4 is 4.90 Å². The van der Waals surface area contributed by atoms with Crippen molar-refractivity contribution >= 4 is 32.5 Å². The Labute approximate surface area is 156 Å². The minimum atomic E-state index is -3.68. The number of anilines is 1. The molecule has 26 heavy (non-hydrogen) atoms. The summed E-state index contributed by atoms with van der Waals surface area (Å²) in [5, 5.41) is 14.7. The molecule has 2 aromatic rings. The Morgan fingerprint density at radius 2 is 2.19 bits per heavy atom. The summed E-state index contributed by atoms with van der Waals surface area (Å²) in [6.07, 6.45) is 3.74. The van der Waals surface area contributed by atoms with Gasteiger partial charge in [0.2, 0.25) is 0 Å². The monoisotopic (exact) mass is 395 g/mol. The quantitative estimate of drug-likeness (QED) is 0.569. The van der Waals surface area contributed by atoms with Crippen LogP contribution in [0.5, 0.6) is 0 Å². The van der Waals surface area contributed by atoms with Crippen LogP contribution in [0.4, 0.5) is 11.4 Å². The molecule has 9 heteroatoms. The van der Waals surface area contributed by atoms with Crippen molar-refractivity contribution in [2.45, 2.75) is 37.0 Å². The van der Waals surface area contributed by atoms with Crippen molar-refractivity contribution in [1.29, 1.82) is 0 Å². The normalized spacial score (nSPS) is 18.1. The van der Waals surface area contributed by atoms with Gasteiger partial charge in [-0.25, -0.2) is 13.4 Å². The maximum Gasteiger partial charge on any atom is 0.311 e. The van der Waals surface area contributed by atoms with Gasteiger partial charge in [-0.05, 0) is 31.4 Å². The van der Waals surface area contributed by atoms with Crippen molar-refractivity contribution in [2.24, 2.45) is 0 Å². The van der Waals surface area contributed by atoms with Gasteiger partial charge in [0, 0.05) is 30.6 Å². The molecule has 1 aromatic heterocycles. The average Bonchev–Trinajstić information content (AvgIpc) is 3.09. The molecule has 1 saturated heterocycles. The summed E-state index contributed by atoms with van der Waals surface area (Å²) in [5.74, 6) is 0.204. The van der Waals surface area contributed by atoms with Crippen LogP contribution in [-0.2, 0) is 16.3 Å². The van der Waals surface area contributed by atoms with E-state index in [2.05, 4.69) is 17.3 Å². The van der Waals surface area contributed by atoms with Gasteiger partial charge in [0.15, 0.2) is 9.84 Å². The first kappa shape index (κ1) is 18.8. The molecule has 1 aliphatic rings. The van der Waals surface area contributed by atoms with Gasteiger partial charge in [-0.2, -0.15) is 0 Å². The van der Waals surface area contributed by atoms with Crippen molar-refractivity contribution in [3.05, 3.63) is 44.4 Å². The predicted molar refractivity (Wildman–Crippen MR) is 102 cm³/mol. The third-order valence-corrected chi connectivity index (χ3v) is 6.79. The van der Waals surface area contributed by atoms with Crippen LogP contribution in [0.3, 0.4) is 0 Å². The smallest absolute Gasteiger partial charge is 0.311 e. The fourth-order valence-electron chi connectivity index (χ4n) is 3.32. The van der Waals surface area contributed by atoms with Crippen molar-refractivity contribution in [3.63, 3.8) is 0 Å². The van der Waals surface area contributed by atoms with E-state index in [1.165, 1.54) is 6.07 Å². The summed E-state index contributed by atoms with van der Waals surface area (Å²) in [6, 6.07) is 4.50. The topological polar surface area (TPSA) is 93.4 Å². The summed E-state index contributed by atoms with van der Waals surface area (Å²) in [6.45, 7) is 3.33. The number of hydrogen-bond acceptors (Lipinski definition) is 7. The predicted octanol–water partition coefficient (Wildman–Crippen LogP) is 3.40. The van der Waals surface area contributed by atoms with Gasteiger partial charge < -0.3 is 4.90 Å². The molecule has 3 rings (SSSR count). The molecule has 0 bridgehead atoms. The minimum absolute atomic E-state index is 0.204. The lowest BCUT2D eigenvalue weighted by molar-refractivity contribution is -0.387. The Balaban J connectivity index is 1.97. The van der Waals surface area contributed by atoms with Crippen LogP contribution in [0.1, 0.15) is 36.4 Å². The first-order valence-corrected chi connectivity index (χ1v) is 11.2. The molecule has 0 radical (unpaired) electrons. The van der Waals surface area contributed by atoms with E-state index in [1.807, 2.05) is 4.90 Å². The molecule has 0 amide bonds. The van der Waals surface area contributed by atoms with Gasteiger partial charge in [0.05, 0.1) is 15.6 Å². The van der Waals surface area contributed by atoms with E-state index in [9.17, 15) is 18.5 Å². The Morgan fingerprint density at radius 3 is 2.81 bits per heavy atom. The largest absolute Gasteiger partial charge is 0.365 e. The second kappa shape index (κ2) is 7.32. The van der Waals surface area contributed by atoms with Crippen LogP contribution >= 0.6 is 11.3 Å². The number of piperidine rings is 1. The average molecular weight is 396 g/mol. The van der Waals surface area contributed by atoms with Crippen molar-refractivity contribution < 1.29 is 13.3 Å². The number of nitro groups is 1. The molecule has 0 saturated carbocycles. The minimum Gasteiger partial charge on any atom is -0.365 e. The standard InChI is InChI=1S/C17H21N3O4S2/c1-3-13-11-25-17(18-13)12-6-5-9-19(10-12)14-7-4-8-15(26(2,23)24)16(14)20(21)22/h4,7-8,11-12H,3,5-6,9-10H2,1-2H3. The summed E-state index contributed by atoms with van der Waals surface area (Å²) in [7, 11) is -3.68. The van der Waals surface area contributed by atoms with Gasteiger partial charge in [-0.15, -0.1) is 11.3 Å². The molecule has 1 fully saturated rings. The fourth-order valence-corrected chi connectivity index (χ4v) is 5.21. The molecule has 7 nitrogen and oxygen atoms in total. The third-order valence-electron chi connectivity index (χ3n) is 4.60. The van der Waals surface area contributed by atoms with Crippen LogP contribution in [0, 0.1) is 10.1 Å². The number of benzene rings is 1. The zero-order valence-electron chi connectivity index (χ0n) is 14.7. The zero-order valence-corrected chi connectivity index (χ0v) is 16.3. The molecule has 1 aliphatic heterocycles. The molecule has 1 unspecified atom stereocenters. The van der Waals surface area contributed by atoms with E-state index < -0.39 is 14.8 Å². The SMILES string of the molecule is CCc1csc(C2CCCN(c3cccc(S(C)(=O)=O)c3[N+](=O)[O-])C2)n1. The Kier molecular flexibility index (Phi) is 5.29. The highest BCUT2D eigenvalue weighted by molar-refractivity contribution is 7.90. The number of sulfone groups is 1. The number of nitrogens with zero attached hydrogens (tertiary/aromatic N) is 3. The third kappa shape index (κ3) is 3.73. The summed E-state index contributed by atoms with van der Waals surface area (Å²) in [5.41, 5.74) is 1.10. The lowest BCUT2D eigenvalue weighted by Crippen LogP contribution is -2.35. The van der Waals surface area contributed by atoms with Crippen LogP contribution in [0.2, 0.25) is 0 Å². The molecular weight excluding hydrogens is 374 g/mol. The molecule has 0 spiro atoms. The maximum absolute atomic E-state index is 12.0. The van der Waals surface area contributed by atoms with Crippen LogP contribution in [0.15, 0.2) is 28.5 Å². The van der Waals surface area contributed by atoms with Crippen LogP contribution in [-0.4, -0.2) is 37.7 Å². The van der Waals surface area contributed by atoms with Gasteiger partial charge >= 0.3 is 5.69 Å². The van der Waals surface area contributed by atoms with E-state index in [-0.39, 0.29) is 16.5 Å². The molecule has 1 aromatic carbocycles. The lowest BCUT2D eigenvalue weighted by atomic mass is 9.98. The van der Waals surface area contributed by atoms with Gasteiger partial charge in [0.1, 0.15) is 10.6 Å². The van der Waals surface area contributed by atoms with Gasteiger partial charge in [0.25, 0.3) is 0 Å². The Hall–Kier alpha value is -2.00. The zero-order chi connectivity index (χ0) is 18.9. The first-order chi connectivity index (χ1) is 12.3. The van der Waals surface area contributed by atoms with E-state index in [0.29, 0.717) is 18.8 Å². The molecule has 0 N–H and O–H groups in total. The lowest BCUT2D eigenvalue weighted by Gasteiger charge is -2.33. The van der Waals surface area contributed by atoms with Crippen molar-refractivity contribution in [2.75, 3.05) is 24.2 Å². The Bertz CT molecular complexity index is 924. The van der Waals surface area contributed by atoms with Gasteiger partial charge in [-0.3, -0.25) is 10.1 Å². The number of rotatable bonds is 5. The molecule has 0 aliphatic carbocycles. The number of para-hydroxylation sites is 1. The van der Waals surface area contributed by atoms with E-state index in [0.717, 1.165) is 36.2 Å². The highest BCUT2D eigenvalue weighted by Crippen LogP contribution is 2.38. The second-order valence-corrected chi connectivity index (χ2v) is 9.34. The highest BCUT2D eigenvalue weighted by atomic mass is 32.2. The van der Waals surface area contributed by atoms with Crippen LogP contribution in [0.25, 0.3) is 0 Å². The number of thiazole rings is 1. The van der Waals surface area contributed by atoms with E-state index in [1.54, 1.807) is 23.5 Å². The number of nitro benzene ring substituents is 1. The summed E-state index contributed by atoms with van der Waals surface area (Å²) < 4.78 is 24.0. The number of aryl methyl sites for hydroxylation is 1. The molecule has 1 atom stereocenters.